The molecule has 1 aromatic heterocycles. The van der Waals surface area contributed by atoms with Crippen LogP contribution in [0.1, 0.15) is 54.8 Å². The van der Waals surface area contributed by atoms with Gasteiger partial charge >= 0.3 is 0 Å². The van der Waals surface area contributed by atoms with E-state index in [-0.39, 0.29) is 0 Å². The van der Waals surface area contributed by atoms with Gasteiger partial charge in [0.15, 0.2) is 5.96 Å². The molecule has 2 N–H and O–H groups in total. The standard InChI is InChI=1S/C23H40N4O2S/c1-4-28-14-11-23(9-5-6-10-23)18-26-22(24-3)25-17-20(21-8-7-19(2)30-21)27-12-15-29-16-13-27/h7-8,20H,4-6,9-18H2,1-3H3,(H2,24,25,26). The van der Waals surface area contributed by atoms with Crippen LogP contribution in [0.5, 0.6) is 0 Å². The molecule has 7 heteroatoms. The van der Waals surface area contributed by atoms with Crippen molar-refractivity contribution in [1.29, 1.82) is 0 Å². The highest BCUT2D eigenvalue weighted by Crippen LogP contribution is 2.40. The van der Waals surface area contributed by atoms with Crippen molar-refractivity contribution in [2.24, 2.45) is 10.4 Å². The van der Waals surface area contributed by atoms with E-state index in [0.717, 1.165) is 65.0 Å². The molecule has 3 rings (SSSR count). The lowest BCUT2D eigenvalue weighted by Crippen LogP contribution is -2.48. The van der Waals surface area contributed by atoms with Crippen molar-refractivity contribution >= 4 is 17.3 Å². The molecule has 2 aliphatic rings. The van der Waals surface area contributed by atoms with E-state index in [9.17, 15) is 0 Å². The molecular weight excluding hydrogens is 396 g/mol. The molecule has 0 radical (unpaired) electrons. The second-order valence-corrected chi connectivity index (χ2v) is 9.89. The average molecular weight is 437 g/mol. The Morgan fingerprint density at radius 2 is 2.03 bits per heavy atom. The Kier molecular flexibility index (Phi) is 9.43. The van der Waals surface area contributed by atoms with Gasteiger partial charge in [-0.25, -0.2) is 0 Å². The molecule has 0 amide bonds. The summed E-state index contributed by atoms with van der Waals surface area (Å²) in [6, 6.07) is 4.85. The molecular formula is C23H40N4O2S. The van der Waals surface area contributed by atoms with Crippen molar-refractivity contribution in [1.82, 2.24) is 15.5 Å². The van der Waals surface area contributed by atoms with Gasteiger partial charge in [0.2, 0.25) is 0 Å². The van der Waals surface area contributed by atoms with E-state index >= 15 is 0 Å². The summed E-state index contributed by atoms with van der Waals surface area (Å²) >= 11 is 1.90. The number of nitrogens with zero attached hydrogens (tertiary/aromatic N) is 2. The largest absolute Gasteiger partial charge is 0.382 e. The lowest BCUT2D eigenvalue weighted by Gasteiger charge is -2.35. The molecule has 0 bridgehead atoms. The number of hydrogen-bond acceptors (Lipinski definition) is 5. The SMILES string of the molecule is CCOCCC1(CNC(=NC)NCC(c2ccc(C)s2)N2CCOCC2)CCCC1. The van der Waals surface area contributed by atoms with Crippen LogP contribution in [0, 0.1) is 12.3 Å². The fourth-order valence-electron chi connectivity index (χ4n) is 4.69. The third-order valence-electron chi connectivity index (χ3n) is 6.54. The predicted octanol–water partition coefficient (Wildman–Crippen LogP) is 3.58. The van der Waals surface area contributed by atoms with Crippen molar-refractivity contribution in [2.75, 3.05) is 59.7 Å². The Morgan fingerprint density at radius 3 is 2.67 bits per heavy atom. The molecule has 1 aliphatic heterocycles. The zero-order valence-electron chi connectivity index (χ0n) is 19.0. The van der Waals surface area contributed by atoms with Gasteiger partial charge in [0.05, 0.1) is 19.3 Å². The van der Waals surface area contributed by atoms with Crippen molar-refractivity contribution < 1.29 is 9.47 Å². The van der Waals surface area contributed by atoms with Crippen LogP contribution in [-0.2, 0) is 9.47 Å². The summed E-state index contributed by atoms with van der Waals surface area (Å²) in [6.07, 6.45) is 6.37. The normalized spacial score (nSPS) is 21.0. The summed E-state index contributed by atoms with van der Waals surface area (Å²) in [5.41, 5.74) is 0.348. The second-order valence-electron chi connectivity index (χ2n) is 8.57. The summed E-state index contributed by atoms with van der Waals surface area (Å²) < 4.78 is 11.2. The first kappa shape index (κ1) is 23.5. The number of rotatable bonds is 10. The number of ether oxygens (including phenoxy) is 2. The molecule has 0 aromatic carbocycles. The van der Waals surface area contributed by atoms with Gasteiger partial charge in [0.25, 0.3) is 0 Å². The maximum Gasteiger partial charge on any atom is 0.191 e. The average Bonchev–Trinajstić information content (AvgIpc) is 3.41. The summed E-state index contributed by atoms with van der Waals surface area (Å²) in [7, 11) is 1.87. The first-order valence-corrected chi connectivity index (χ1v) is 12.4. The van der Waals surface area contributed by atoms with Crippen LogP contribution >= 0.6 is 11.3 Å². The highest BCUT2D eigenvalue weighted by atomic mass is 32.1. The van der Waals surface area contributed by atoms with E-state index in [1.807, 2.05) is 18.4 Å². The molecule has 1 aromatic rings. The summed E-state index contributed by atoms with van der Waals surface area (Å²) in [5.74, 6) is 0.907. The Balaban J connectivity index is 1.56. The number of hydrogen-bond donors (Lipinski definition) is 2. The van der Waals surface area contributed by atoms with Crippen LogP contribution in [0.2, 0.25) is 0 Å². The Labute approximate surface area is 186 Å². The van der Waals surface area contributed by atoms with E-state index in [1.54, 1.807) is 0 Å². The number of thiophene rings is 1. The van der Waals surface area contributed by atoms with E-state index in [0.29, 0.717) is 11.5 Å². The van der Waals surface area contributed by atoms with Gasteiger partial charge in [-0.1, -0.05) is 12.8 Å². The second kappa shape index (κ2) is 12.0. The summed E-state index contributed by atoms with van der Waals surface area (Å²) in [5, 5.41) is 7.25. The monoisotopic (exact) mass is 436 g/mol. The van der Waals surface area contributed by atoms with Gasteiger partial charge in [-0.15, -0.1) is 11.3 Å². The van der Waals surface area contributed by atoms with Gasteiger partial charge in [-0.3, -0.25) is 9.89 Å². The highest BCUT2D eigenvalue weighted by molar-refractivity contribution is 7.12. The topological polar surface area (TPSA) is 58.1 Å². The van der Waals surface area contributed by atoms with Crippen molar-refractivity contribution in [3.8, 4) is 0 Å². The van der Waals surface area contributed by atoms with Gasteiger partial charge < -0.3 is 20.1 Å². The maximum absolute atomic E-state index is 5.66. The Hall–Kier alpha value is -1.15. The van der Waals surface area contributed by atoms with Gasteiger partial charge in [-0.2, -0.15) is 0 Å². The molecule has 1 saturated heterocycles. The van der Waals surface area contributed by atoms with E-state index in [4.69, 9.17) is 9.47 Å². The van der Waals surface area contributed by atoms with Crippen molar-refractivity contribution in [3.63, 3.8) is 0 Å². The molecule has 1 aliphatic carbocycles. The van der Waals surface area contributed by atoms with E-state index in [1.165, 1.54) is 35.4 Å². The van der Waals surface area contributed by atoms with Crippen LogP contribution in [-0.4, -0.2) is 70.5 Å². The lowest BCUT2D eigenvalue weighted by molar-refractivity contribution is 0.0177. The Morgan fingerprint density at radius 1 is 1.27 bits per heavy atom. The minimum atomic E-state index is 0.348. The van der Waals surface area contributed by atoms with Crippen LogP contribution in [0.4, 0.5) is 0 Å². The minimum absolute atomic E-state index is 0.348. The molecule has 170 valence electrons. The minimum Gasteiger partial charge on any atom is -0.382 e. The molecule has 2 fully saturated rings. The van der Waals surface area contributed by atoms with Crippen LogP contribution in [0.3, 0.4) is 0 Å². The number of guanidine groups is 1. The zero-order chi connectivity index (χ0) is 21.2. The third-order valence-corrected chi connectivity index (χ3v) is 7.64. The van der Waals surface area contributed by atoms with Gasteiger partial charge in [-0.05, 0) is 50.7 Å². The van der Waals surface area contributed by atoms with Gasteiger partial charge in [0, 0.05) is 56.2 Å². The molecule has 1 saturated carbocycles. The van der Waals surface area contributed by atoms with Crippen LogP contribution in [0.25, 0.3) is 0 Å². The molecule has 0 spiro atoms. The lowest BCUT2D eigenvalue weighted by atomic mass is 9.83. The summed E-state index contributed by atoms with van der Waals surface area (Å²) in [4.78, 5) is 9.84. The van der Waals surface area contributed by atoms with Gasteiger partial charge in [0.1, 0.15) is 0 Å². The Bertz CT molecular complexity index is 651. The third kappa shape index (κ3) is 6.67. The zero-order valence-corrected chi connectivity index (χ0v) is 19.9. The highest BCUT2D eigenvalue weighted by Gasteiger charge is 2.33. The molecule has 30 heavy (non-hydrogen) atoms. The molecule has 2 heterocycles. The van der Waals surface area contributed by atoms with E-state index in [2.05, 4.69) is 46.5 Å². The number of aliphatic imine (C=N–C) groups is 1. The fraction of sp³-hybridized carbons (Fsp3) is 0.783. The first-order valence-electron chi connectivity index (χ1n) is 11.6. The smallest absolute Gasteiger partial charge is 0.191 e. The molecule has 1 unspecified atom stereocenters. The van der Waals surface area contributed by atoms with E-state index < -0.39 is 0 Å². The number of morpholine rings is 1. The molecule has 1 atom stereocenters. The van der Waals surface area contributed by atoms with Crippen LogP contribution < -0.4 is 10.6 Å². The fourth-order valence-corrected chi connectivity index (χ4v) is 5.70. The van der Waals surface area contributed by atoms with Crippen molar-refractivity contribution in [2.45, 2.75) is 52.0 Å². The summed E-state index contributed by atoms with van der Waals surface area (Å²) in [6.45, 7) is 11.3. The number of aryl methyl sites for hydroxylation is 1. The maximum atomic E-state index is 5.66. The van der Waals surface area contributed by atoms with Crippen molar-refractivity contribution in [3.05, 3.63) is 21.9 Å². The first-order chi connectivity index (χ1) is 14.7. The number of nitrogens with one attached hydrogen (secondary N) is 2. The predicted molar refractivity (Wildman–Crippen MR) is 126 cm³/mol. The molecule has 6 nitrogen and oxygen atoms in total. The quantitative estimate of drug-likeness (QED) is 0.334. The van der Waals surface area contributed by atoms with Crippen LogP contribution in [0.15, 0.2) is 17.1 Å².